The number of methoxy groups -OCH3 is 2. The Morgan fingerprint density at radius 1 is 1.10 bits per heavy atom. The molecule has 1 heterocycles. The SMILES string of the molecule is COc1ccc(C(=O)N2CCCC2C2CCC2)cc1OC. The molecule has 2 fully saturated rings. The van der Waals surface area contributed by atoms with Crippen molar-refractivity contribution in [3.63, 3.8) is 0 Å². The van der Waals surface area contributed by atoms with Crippen LogP contribution in [-0.2, 0) is 0 Å². The maximum Gasteiger partial charge on any atom is 0.254 e. The van der Waals surface area contributed by atoms with E-state index in [1.54, 1.807) is 26.4 Å². The molecule has 1 aromatic carbocycles. The van der Waals surface area contributed by atoms with E-state index in [1.807, 2.05) is 6.07 Å². The minimum Gasteiger partial charge on any atom is -0.493 e. The Hall–Kier alpha value is -1.71. The fraction of sp³-hybridized carbons (Fsp3) is 0.588. The number of carbonyl (C=O) groups is 1. The maximum absolute atomic E-state index is 12.8. The van der Waals surface area contributed by atoms with Crippen molar-refractivity contribution >= 4 is 5.91 Å². The van der Waals surface area contributed by atoms with Crippen molar-refractivity contribution < 1.29 is 14.3 Å². The first-order valence-corrected chi connectivity index (χ1v) is 7.77. The second kappa shape index (κ2) is 5.96. The van der Waals surface area contributed by atoms with Gasteiger partial charge in [0.2, 0.25) is 0 Å². The summed E-state index contributed by atoms with van der Waals surface area (Å²) < 4.78 is 10.5. The zero-order valence-electron chi connectivity index (χ0n) is 12.8. The lowest BCUT2D eigenvalue weighted by Crippen LogP contribution is -2.42. The van der Waals surface area contributed by atoms with Crippen LogP contribution in [0.15, 0.2) is 18.2 Å². The first kappa shape index (κ1) is 14.2. The van der Waals surface area contributed by atoms with Crippen LogP contribution in [0.1, 0.15) is 42.5 Å². The van der Waals surface area contributed by atoms with Crippen LogP contribution < -0.4 is 9.47 Å². The molecule has 0 bridgehead atoms. The van der Waals surface area contributed by atoms with Gasteiger partial charge >= 0.3 is 0 Å². The van der Waals surface area contributed by atoms with Crippen molar-refractivity contribution in [3.8, 4) is 11.5 Å². The molecule has 21 heavy (non-hydrogen) atoms. The van der Waals surface area contributed by atoms with Gasteiger partial charge in [0.15, 0.2) is 11.5 Å². The quantitative estimate of drug-likeness (QED) is 0.855. The summed E-state index contributed by atoms with van der Waals surface area (Å²) in [6.07, 6.45) is 6.16. The summed E-state index contributed by atoms with van der Waals surface area (Å²) in [4.78, 5) is 14.9. The third-order valence-corrected chi connectivity index (χ3v) is 4.88. The summed E-state index contributed by atoms with van der Waals surface area (Å²) in [7, 11) is 3.20. The zero-order valence-corrected chi connectivity index (χ0v) is 12.8. The van der Waals surface area contributed by atoms with Gasteiger partial charge in [-0.05, 0) is 49.8 Å². The minimum absolute atomic E-state index is 0.130. The van der Waals surface area contributed by atoms with Gasteiger partial charge in [0.1, 0.15) is 0 Å². The van der Waals surface area contributed by atoms with Crippen LogP contribution in [0, 0.1) is 5.92 Å². The van der Waals surface area contributed by atoms with Crippen molar-refractivity contribution in [2.75, 3.05) is 20.8 Å². The molecule has 1 aromatic rings. The fourth-order valence-electron chi connectivity index (χ4n) is 3.49. The Morgan fingerprint density at radius 3 is 2.48 bits per heavy atom. The maximum atomic E-state index is 12.8. The van der Waals surface area contributed by atoms with Gasteiger partial charge in [-0.15, -0.1) is 0 Å². The summed E-state index contributed by atoms with van der Waals surface area (Å²) in [5.74, 6) is 2.12. The summed E-state index contributed by atoms with van der Waals surface area (Å²) >= 11 is 0. The van der Waals surface area contributed by atoms with Gasteiger partial charge < -0.3 is 14.4 Å². The van der Waals surface area contributed by atoms with E-state index >= 15 is 0 Å². The van der Waals surface area contributed by atoms with Gasteiger partial charge in [0.25, 0.3) is 5.91 Å². The van der Waals surface area contributed by atoms with Gasteiger partial charge in [-0.2, -0.15) is 0 Å². The average molecular weight is 289 g/mol. The molecule has 1 saturated carbocycles. The van der Waals surface area contributed by atoms with E-state index in [2.05, 4.69) is 4.90 Å². The smallest absolute Gasteiger partial charge is 0.254 e. The van der Waals surface area contributed by atoms with Crippen LogP contribution >= 0.6 is 0 Å². The molecule has 3 rings (SSSR count). The molecule has 0 spiro atoms. The number of ether oxygens (including phenoxy) is 2. The predicted molar refractivity (Wildman–Crippen MR) is 80.9 cm³/mol. The van der Waals surface area contributed by atoms with Crippen molar-refractivity contribution in [2.45, 2.75) is 38.1 Å². The van der Waals surface area contributed by atoms with Crippen molar-refractivity contribution in [1.82, 2.24) is 4.90 Å². The first-order valence-electron chi connectivity index (χ1n) is 7.77. The molecule has 0 aromatic heterocycles. The molecule has 1 unspecified atom stereocenters. The lowest BCUT2D eigenvalue weighted by Gasteiger charge is -2.37. The molecule has 4 heteroatoms. The van der Waals surface area contributed by atoms with Gasteiger partial charge in [0, 0.05) is 18.2 Å². The highest BCUT2D eigenvalue weighted by atomic mass is 16.5. The summed E-state index contributed by atoms with van der Waals surface area (Å²) in [6, 6.07) is 5.87. The van der Waals surface area contributed by atoms with Crippen molar-refractivity contribution in [1.29, 1.82) is 0 Å². The molecule has 0 N–H and O–H groups in total. The van der Waals surface area contributed by atoms with Gasteiger partial charge in [-0.3, -0.25) is 4.79 Å². The molecule has 1 saturated heterocycles. The lowest BCUT2D eigenvalue weighted by molar-refractivity contribution is 0.0626. The topological polar surface area (TPSA) is 38.8 Å². The summed E-state index contributed by atoms with van der Waals surface area (Å²) in [5, 5.41) is 0. The first-order chi connectivity index (χ1) is 10.2. The molecule has 114 valence electrons. The van der Waals surface area contributed by atoms with E-state index in [0.717, 1.165) is 25.3 Å². The highest BCUT2D eigenvalue weighted by Crippen LogP contribution is 2.38. The Balaban J connectivity index is 1.80. The Bertz CT molecular complexity index is 525. The van der Waals surface area contributed by atoms with E-state index in [0.29, 0.717) is 23.1 Å². The van der Waals surface area contributed by atoms with E-state index in [4.69, 9.17) is 9.47 Å². The molecule has 1 amide bonds. The molecule has 0 radical (unpaired) electrons. The monoisotopic (exact) mass is 289 g/mol. The largest absolute Gasteiger partial charge is 0.493 e. The standard InChI is InChI=1S/C17H23NO3/c1-20-15-9-8-13(11-16(15)21-2)17(19)18-10-4-7-14(18)12-5-3-6-12/h8-9,11-12,14H,3-7,10H2,1-2H3. The number of rotatable bonds is 4. The Morgan fingerprint density at radius 2 is 1.86 bits per heavy atom. The van der Waals surface area contributed by atoms with Crippen molar-refractivity contribution in [3.05, 3.63) is 23.8 Å². The molecule has 1 aliphatic carbocycles. The van der Waals surface area contributed by atoms with Crippen LogP contribution in [0.4, 0.5) is 0 Å². The number of hydrogen-bond donors (Lipinski definition) is 0. The number of likely N-dealkylation sites (tertiary alicyclic amines) is 1. The molecular formula is C17H23NO3. The highest BCUT2D eigenvalue weighted by Gasteiger charge is 2.37. The number of carbonyl (C=O) groups excluding carboxylic acids is 1. The van der Waals surface area contributed by atoms with Crippen LogP contribution in [0.3, 0.4) is 0 Å². The van der Waals surface area contributed by atoms with Crippen LogP contribution in [-0.4, -0.2) is 37.6 Å². The molecular weight excluding hydrogens is 266 g/mol. The minimum atomic E-state index is 0.130. The lowest BCUT2D eigenvalue weighted by atomic mass is 9.78. The van der Waals surface area contributed by atoms with E-state index in [1.165, 1.54) is 19.3 Å². The average Bonchev–Trinajstić information content (AvgIpc) is 2.92. The number of amides is 1. The molecule has 1 atom stereocenters. The van der Waals surface area contributed by atoms with Gasteiger partial charge in [-0.1, -0.05) is 6.42 Å². The van der Waals surface area contributed by atoms with E-state index in [9.17, 15) is 4.79 Å². The summed E-state index contributed by atoms with van der Waals surface area (Å²) in [6.45, 7) is 0.883. The number of nitrogens with zero attached hydrogens (tertiary/aromatic N) is 1. The van der Waals surface area contributed by atoms with Gasteiger partial charge in [-0.25, -0.2) is 0 Å². The summed E-state index contributed by atoms with van der Waals surface area (Å²) in [5.41, 5.74) is 0.693. The Labute approximate surface area is 126 Å². The molecule has 1 aliphatic heterocycles. The van der Waals surface area contributed by atoms with Crippen LogP contribution in [0.2, 0.25) is 0 Å². The molecule has 2 aliphatic rings. The number of hydrogen-bond acceptors (Lipinski definition) is 3. The van der Waals surface area contributed by atoms with E-state index < -0.39 is 0 Å². The molecule has 4 nitrogen and oxygen atoms in total. The van der Waals surface area contributed by atoms with Crippen molar-refractivity contribution in [2.24, 2.45) is 5.92 Å². The second-order valence-corrected chi connectivity index (χ2v) is 5.97. The van der Waals surface area contributed by atoms with Crippen LogP contribution in [0.5, 0.6) is 11.5 Å². The number of benzene rings is 1. The third-order valence-electron chi connectivity index (χ3n) is 4.88. The van der Waals surface area contributed by atoms with E-state index in [-0.39, 0.29) is 5.91 Å². The normalized spacial score (nSPS) is 22.0. The van der Waals surface area contributed by atoms with Gasteiger partial charge in [0.05, 0.1) is 14.2 Å². The van der Waals surface area contributed by atoms with Crippen LogP contribution in [0.25, 0.3) is 0 Å². The predicted octanol–water partition coefficient (Wildman–Crippen LogP) is 3.11. The third kappa shape index (κ3) is 2.59. The Kier molecular flexibility index (Phi) is 4.04. The highest BCUT2D eigenvalue weighted by molar-refractivity contribution is 5.95. The fourth-order valence-corrected chi connectivity index (χ4v) is 3.49. The zero-order chi connectivity index (χ0) is 14.8. The second-order valence-electron chi connectivity index (χ2n) is 5.97.